The zero-order valence-electron chi connectivity index (χ0n) is 18.5. The van der Waals surface area contributed by atoms with Crippen molar-refractivity contribution in [1.82, 2.24) is 9.78 Å². The molecular formula is C25H27ClN4O2. The van der Waals surface area contributed by atoms with Crippen LogP contribution in [0, 0.1) is 13.8 Å². The van der Waals surface area contributed by atoms with Crippen molar-refractivity contribution >= 4 is 40.9 Å². The molecule has 1 aromatic heterocycles. The Morgan fingerprint density at radius 2 is 1.72 bits per heavy atom. The van der Waals surface area contributed by atoms with Crippen molar-refractivity contribution in [3.63, 3.8) is 0 Å². The van der Waals surface area contributed by atoms with Gasteiger partial charge >= 0.3 is 0 Å². The topological polar surface area (TPSA) is 76.0 Å². The van der Waals surface area contributed by atoms with E-state index in [2.05, 4.69) is 22.7 Å². The number of nitrogens with one attached hydrogen (secondary N) is 2. The van der Waals surface area contributed by atoms with Gasteiger partial charge in [-0.3, -0.25) is 14.3 Å². The molecule has 0 radical (unpaired) electrons. The first-order valence-electron chi connectivity index (χ1n) is 10.6. The summed E-state index contributed by atoms with van der Waals surface area (Å²) >= 11 is 6.43. The highest BCUT2D eigenvalue weighted by molar-refractivity contribution is 6.31. The maximum Gasteiger partial charge on any atom is 0.255 e. The summed E-state index contributed by atoms with van der Waals surface area (Å²) in [5.41, 5.74) is 4.09. The molecule has 2 N–H and O–H groups in total. The van der Waals surface area contributed by atoms with Crippen LogP contribution in [0.5, 0.6) is 0 Å². The smallest absolute Gasteiger partial charge is 0.255 e. The van der Waals surface area contributed by atoms with E-state index in [4.69, 9.17) is 11.6 Å². The molecule has 0 aliphatic heterocycles. The van der Waals surface area contributed by atoms with E-state index >= 15 is 0 Å². The van der Waals surface area contributed by atoms with Crippen LogP contribution in [0.25, 0.3) is 6.08 Å². The molecule has 32 heavy (non-hydrogen) atoms. The number of anilines is 2. The van der Waals surface area contributed by atoms with Crippen LogP contribution in [-0.2, 0) is 11.3 Å². The number of halogens is 1. The zero-order chi connectivity index (χ0) is 23.1. The molecule has 0 bridgehead atoms. The van der Waals surface area contributed by atoms with Gasteiger partial charge in [0.1, 0.15) is 5.15 Å². The summed E-state index contributed by atoms with van der Waals surface area (Å²) in [6.45, 7) is 6.57. The molecule has 2 amide bonds. The number of hydrogen-bond donors (Lipinski definition) is 2. The highest BCUT2D eigenvalue weighted by Crippen LogP contribution is 2.25. The maximum atomic E-state index is 12.5. The largest absolute Gasteiger partial charge is 0.322 e. The average Bonchev–Trinajstić information content (AvgIpc) is 3.06. The Kier molecular flexibility index (Phi) is 7.84. The summed E-state index contributed by atoms with van der Waals surface area (Å²) < 4.78 is 1.76. The average molecular weight is 451 g/mol. The molecule has 0 aliphatic rings. The number of rotatable bonds is 8. The molecule has 0 atom stereocenters. The first kappa shape index (κ1) is 23.3. The first-order chi connectivity index (χ1) is 15.4. The third-order valence-electron chi connectivity index (χ3n) is 5.11. The normalized spacial score (nSPS) is 11.0. The maximum absolute atomic E-state index is 12.5. The summed E-state index contributed by atoms with van der Waals surface area (Å²) in [6.07, 6.45) is 5.15. The van der Waals surface area contributed by atoms with Crippen LogP contribution in [0.3, 0.4) is 0 Å². The van der Waals surface area contributed by atoms with E-state index in [9.17, 15) is 9.59 Å². The van der Waals surface area contributed by atoms with Crippen LogP contribution in [0.1, 0.15) is 46.9 Å². The second kappa shape index (κ2) is 10.8. The third kappa shape index (κ3) is 5.65. The van der Waals surface area contributed by atoms with Gasteiger partial charge in [0, 0.05) is 35.1 Å². The van der Waals surface area contributed by atoms with E-state index in [-0.39, 0.29) is 11.8 Å². The summed E-state index contributed by atoms with van der Waals surface area (Å²) in [5.74, 6) is -0.501. The highest BCUT2D eigenvalue weighted by Gasteiger charge is 2.13. The van der Waals surface area contributed by atoms with Crippen molar-refractivity contribution in [3.05, 3.63) is 82.1 Å². The van der Waals surface area contributed by atoms with E-state index in [1.54, 1.807) is 41.1 Å². The lowest BCUT2D eigenvalue weighted by atomic mass is 10.1. The fourth-order valence-electron chi connectivity index (χ4n) is 3.24. The van der Waals surface area contributed by atoms with Gasteiger partial charge in [0.2, 0.25) is 5.91 Å². The summed E-state index contributed by atoms with van der Waals surface area (Å²) in [7, 11) is 0. The second-order valence-corrected chi connectivity index (χ2v) is 7.85. The number of hydrogen-bond acceptors (Lipinski definition) is 3. The van der Waals surface area contributed by atoms with E-state index in [0.717, 1.165) is 36.2 Å². The molecule has 6 nitrogen and oxygen atoms in total. The van der Waals surface area contributed by atoms with E-state index < -0.39 is 0 Å². The van der Waals surface area contributed by atoms with Crippen LogP contribution >= 0.6 is 11.6 Å². The molecular weight excluding hydrogens is 424 g/mol. The molecule has 0 aliphatic carbocycles. The van der Waals surface area contributed by atoms with Crippen molar-refractivity contribution < 1.29 is 9.59 Å². The molecule has 0 fully saturated rings. The van der Waals surface area contributed by atoms with Crippen molar-refractivity contribution in [3.8, 4) is 0 Å². The van der Waals surface area contributed by atoms with E-state index in [1.165, 1.54) is 6.08 Å². The first-order valence-corrected chi connectivity index (χ1v) is 11.0. The Hall–Kier alpha value is -3.38. The number of carbonyl (C=O) groups excluding carboxylic acids is 2. The number of carbonyl (C=O) groups is 2. The van der Waals surface area contributed by atoms with Gasteiger partial charge in [0.25, 0.3) is 5.91 Å². The van der Waals surface area contributed by atoms with Crippen LogP contribution in [0.2, 0.25) is 5.15 Å². The van der Waals surface area contributed by atoms with Crippen LogP contribution in [0.15, 0.2) is 54.6 Å². The molecule has 0 saturated heterocycles. The van der Waals surface area contributed by atoms with Gasteiger partial charge in [0.15, 0.2) is 0 Å². The summed E-state index contributed by atoms with van der Waals surface area (Å²) in [4.78, 5) is 25.0. The van der Waals surface area contributed by atoms with Crippen LogP contribution < -0.4 is 10.6 Å². The number of benzene rings is 2. The number of nitrogens with zero attached hydrogens (tertiary/aromatic N) is 2. The Labute approximate surface area is 193 Å². The molecule has 3 aromatic rings. The van der Waals surface area contributed by atoms with Crippen molar-refractivity contribution in [2.24, 2.45) is 0 Å². The van der Waals surface area contributed by atoms with Gasteiger partial charge in [0.05, 0.1) is 5.69 Å². The van der Waals surface area contributed by atoms with E-state index in [0.29, 0.717) is 22.1 Å². The van der Waals surface area contributed by atoms with E-state index in [1.807, 2.05) is 32.0 Å². The van der Waals surface area contributed by atoms with Gasteiger partial charge in [-0.1, -0.05) is 49.2 Å². The lowest BCUT2D eigenvalue weighted by Gasteiger charge is -2.13. The lowest BCUT2D eigenvalue weighted by molar-refractivity contribution is -0.111. The van der Waals surface area contributed by atoms with Crippen molar-refractivity contribution in [1.29, 1.82) is 0 Å². The third-order valence-corrected chi connectivity index (χ3v) is 5.51. The number of amides is 2. The van der Waals surface area contributed by atoms with Gasteiger partial charge in [-0.05, 0) is 56.2 Å². The Morgan fingerprint density at radius 1 is 1.03 bits per heavy atom. The molecule has 0 saturated carbocycles. The highest BCUT2D eigenvalue weighted by atomic mass is 35.5. The predicted octanol–water partition coefficient (Wildman–Crippen LogP) is 5.86. The minimum absolute atomic E-state index is 0.206. The summed E-state index contributed by atoms with van der Waals surface area (Å²) in [6, 6.07) is 14.4. The fraction of sp³-hybridized carbons (Fsp3) is 0.240. The number of aromatic nitrogens is 2. The molecule has 0 unspecified atom stereocenters. The Bertz CT molecular complexity index is 1140. The SMILES string of the molecule is CCCCn1nc(C)c(/C=C/C(=O)Nc2cccc(NC(=O)c3ccccc3)c2C)c1Cl. The Balaban J connectivity index is 1.70. The van der Waals surface area contributed by atoms with Crippen molar-refractivity contribution in [2.45, 2.75) is 40.2 Å². The fourth-order valence-corrected chi connectivity index (χ4v) is 3.56. The molecule has 2 aromatic carbocycles. The molecule has 166 valence electrons. The molecule has 7 heteroatoms. The molecule has 0 spiro atoms. The lowest BCUT2D eigenvalue weighted by Crippen LogP contribution is -2.14. The quantitative estimate of drug-likeness (QED) is 0.422. The van der Waals surface area contributed by atoms with Crippen LogP contribution in [-0.4, -0.2) is 21.6 Å². The van der Waals surface area contributed by atoms with Gasteiger partial charge in [-0.15, -0.1) is 0 Å². The minimum Gasteiger partial charge on any atom is -0.322 e. The second-order valence-electron chi connectivity index (χ2n) is 7.49. The zero-order valence-corrected chi connectivity index (χ0v) is 19.2. The standard InChI is InChI=1S/C25H27ClN4O2/c1-4-5-16-30-24(26)20(18(3)29-30)14-15-23(31)27-21-12-9-13-22(17(21)2)28-25(32)19-10-7-6-8-11-19/h6-15H,4-5,16H2,1-3H3,(H,27,31)(H,28,32)/b15-14+. The molecule has 3 rings (SSSR count). The number of unbranched alkanes of at least 4 members (excludes halogenated alkanes) is 1. The summed E-state index contributed by atoms with van der Waals surface area (Å²) in [5, 5.41) is 10.7. The van der Waals surface area contributed by atoms with Crippen LogP contribution in [0.4, 0.5) is 11.4 Å². The van der Waals surface area contributed by atoms with Crippen molar-refractivity contribution in [2.75, 3.05) is 10.6 Å². The monoisotopic (exact) mass is 450 g/mol. The van der Waals surface area contributed by atoms with Gasteiger partial charge in [-0.25, -0.2) is 0 Å². The van der Waals surface area contributed by atoms with Gasteiger partial charge in [-0.2, -0.15) is 5.10 Å². The minimum atomic E-state index is -0.295. The Morgan fingerprint density at radius 3 is 2.41 bits per heavy atom. The number of aryl methyl sites for hydroxylation is 2. The predicted molar refractivity (Wildman–Crippen MR) is 130 cm³/mol. The molecule has 1 heterocycles. The van der Waals surface area contributed by atoms with Gasteiger partial charge < -0.3 is 10.6 Å².